The molecule has 154 valence electrons. The summed E-state index contributed by atoms with van der Waals surface area (Å²) in [7, 11) is 0. The number of hydrogen-bond donors (Lipinski definition) is 2. The van der Waals surface area contributed by atoms with Gasteiger partial charge < -0.3 is 14.6 Å². The molecular weight excluding hydrogens is 415 g/mol. The van der Waals surface area contributed by atoms with Gasteiger partial charge in [-0.25, -0.2) is 10.4 Å². The average molecular weight is 431 g/mol. The van der Waals surface area contributed by atoms with Crippen LogP contribution in [0.15, 0.2) is 53.8 Å². The molecule has 0 radical (unpaired) electrons. The summed E-state index contributed by atoms with van der Waals surface area (Å²) in [5.41, 5.74) is 3.32. The van der Waals surface area contributed by atoms with Crippen LogP contribution in [0.25, 0.3) is 0 Å². The van der Waals surface area contributed by atoms with Crippen LogP contribution >= 0.6 is 11.6 Å². The predicted molar refractivity (Wildman–Crippen MR) is 108 cm³/mol. The molecule has 1 amide bonds. The minimum absolute atomic E-state index is 0.0601. The molecule has 0 aliphatic rings. The molecule has 3 rings (SSSR count). The van der Waals surface area contributed by atoms with Crippen LogP contribution in [0.3, 0.4) is 0 Å². The van der Waals surface area contributed by atoms with Crippen LogP contribution in [0.4, 0.5) is 4.39 Å². The highest BCUT2D eigenvalue weighted by molar-refractivity contribution is 6.28. The van der Waals surface area contributed by atoms with Gasteiger partial charge in [-0.2, -0.15) is 14.5 Å². The fourth-order valence-corrected chi connectivity index (χ4v) is 2.43. The number of nitrogens with zero attached hydrogens (tertiary/aromatic N) is 3. The third-order valence-electron chi connectivity index (χ3n) is 3.67. The predicted octanol–water partition coefficient (Wildman–Crippen LogP) is 3.93. The number of aromatic nitrogens is 2. The maximum Gasteiger partial charge on any atom is 0.271 e. The van der Waals surface area contributed by atoms with Crippen molar-refractivity contribution in [1.82, 2.24) is 15.4 Å². The molecular formula is C20H16ClFN4O4. The van der Waals surface area contributed by atoms with E-state index in [9.17, 15) is 14.3 Å². The lowest BCUT2D eigenvalue weighted by Gasteiger charge is -2.12. The normalized spacial score (nSPS) is 10.8. The summed E-state index contributed by atoms with van der Waals surface area (Å²) in [5.74, 6) is -0.948. The van der Waals surface area contributed by atoms with Crippen molar-refractivity contribution in [2.24, 2.45) is 5.10 Å². The van der Waals surface area contributed by atoms with E-state index in [1.54, 1.807) is 25.1 Å². The first kappa shape index (κ1) is 21.0. The minimum atomic E-state index is -0.774. The summed E-state index contributed by atoms with van der Waals surface area (Å²) in [6.07, 6.45) is 2.32. The number of ether oxygens (including phenoxy) is 2. The van der Waals surface area contributed by atoms with Crippen LogP contribution in [0.2, 0.25) is 5.28 Å². The Hall–Kier alpha value is -3.72. The van der Waals surface area contributed by atoms with Crippen LogP contribution in [0, 0.1) is 5.82 Å². The smallest absolute Gasteiger partial charge is 0.271 e. The number of aromatic hydroxyl groups is 1. The third-order valence-corrected chi connectivity index (χ3v) is 3.85. The average Bonchev–Trinajstić information content (AvgIpc) is 2.73. The Morgan fingerprint density at radius 1 is 1.27 bits per heavy atom. The number of benzene rings is 2. The van der Waals surface area contributed by atoms with E-state index in [0.29, 0.717) is 23.5 Å². The second kappa shape index (κ2) is 9.66. The first-order chi connectivity index (χ1) is 14.5. The van der Waals surface area contributed by atoms with Crippen LogP contribution in [0.5, 0.6) is 23.1 Å². The highest BCUT2D eigenvalue weighted by Gasteiger charge is 2.13. The van der Waals surface area contributed by atoms with Crippen molar-refractivity contribution in [2.45, 2.75) is 6.92 Å². The van der Waals surface area contributed by atoms with E-state index in [1.165, 1.54) is 30.5 Å². The standard InChI is InChI=1S/C20H16ClFN4O4/c1-2-29-17-9-12(10-24-26-18(28)13-4-6-14(27)7-5-13)3-8-16(17)30-19-15(22)11-23-20(21)25-19/h3-11,27H,2H2,1H3,(H,26,28)/b24-10+. The molecule has 0 unspecified atom stereocenters. The zero-order valence-corrected chi connectivity index (χ0v) is 16.4. The van der Waals surface area contributed by atoms with Gasteiger partial charge in [0.1, 0.15) is 5.75 Å². The number of halogens is 2. The number of amides is 1. The number of hydrogen-bond acceptors (Lipinski definition) is 7. The molecule has 0 atom stereocenters. The van der Waals surface area contributed by atoms with Gasteiger partial charge >= 0.3 is 0 Å². The zero-order chi connectivity index (χ0) is 21.5. The number of hydrazone groups is 1. The Balaban J connectivity index is 1.74. The summed E-state index contributed by atoms with van der Waals surface area (Å²) in [6.45, 7) is 2.12. The second-order valence-electron chi connectivity index (χ2n) is 5.78. The van der Waals surface area contributed by atoms with E-state index >= 15 is 0 Å². The van der Waals surface area contributed by atoms with Crippen molar-refractivity contribution in [3.63, 3.8) is 0 Å². The van der Waals surface area contributed by atoms with Crippen molar-refractivity contribution in [2.75, 3.05) is 6.61 Å². The van der Waals surface area contributed by atoms with E-state index in [0.717, 1.165) is 6.20 Å². The van der Waals surface area contributed by atoms with Gasteiger partial charge in [0, 0.05) is 5.56 Å². The highest BCUT2D eigenvalue weighted by Crippen LogP contribution is 2.32. The van der Waals surface area contributed by atoms with Crippen molar-refractivity contribution >= 4 is 23.7 Å². The molecule has 1 aromatic heterocycles. The van der Waals surface area contributed by atoms with E-state index in [2.05, 4.69) is 20.5 Å². The molecule has 2 aromatic carbocycles. The quantitative estimate of drug-likeness (QED) is 0.334. The van der Waals surface area contributed by atoms with Gasteiger partial charge in [-0.1, -0.05) is 0 Å². The van der Waals surface area contributed by atoms with Gasteiger partial charge in [-0.05, 0) is 66.6 Å². The molecule has 0 bridgehead atoms. The van der Waals surface area contributed by atoms with Crippen LogP contribution in [-0.2, 0) is 0 Å². The minimum Gasteiger partial charge on any atom is -0.508 e. The summed E-state index contributed by atoms with van der Waals surface area (Å²) in [6, 6.07) is 10.5. The number of carbonyl (C=O) groups is 1. The van der Waals surface area contributed by atoms with Crippen molar-refractivity contribution in [1.29, 1.82) is 0 Å². The van der Waals surface area contributed by atoms with Gasteiger partial charge in [0.05, 0.1) is 19.0 Å². The molecule has 0 fully saturated rings. The highest BCUT2D eigenvalue weighted by atomic mass is 35.5. The van der Waals surface area contributed by atoms with Gasteiger partial charge in [-0.15, -0.1) is 0 Å². The van der Waals surface area contributed by atoms with Gasteiger partial charge in [0.15, 0.2) is 11.5 Å². The van der Waals surface area contributed by atoms with Crippen molar-refractivity contribution < 1.29 is 23.8 Å². The van der Waals surface area contributed by atoms with Crippen molar-refractivity contribution in [3.05, 3.63) is 70.9 Å². The molecule has 0 aliphatic carbocycles. The van der Waals surface area contributed by atoms with Crippen LogP contribution in [-0.4, -0.2) is 33.8 Å². The van der Waals surface area contributed by atoms with E-state index in [4.69, 9.17) is 21.1 Å². The van der Waals surface area contributed by atoms with E-state index in [1.807, 2.05) is 0 Å². The Bertz CT molecular complexity index is 1080. The fourth-order valence-electron chi connectivity index (χ4n) is 2.31. The zero-order valence-electron chi connectivity index (χ0n) is 15.7. The Morgan fingerprint density at radius 2 is 2.03 bits per heavy atom. The van der Waals surface area contributed by atoms with Gasteiger partial charge in [-0.3, -0.25) is 4.79 Å². The Labute approximate surface area is 176 Å². The Kier molecular flexibility index (Phi) is 6.76. The van der Waals surface area contributed by atoms with Crippen LogP contribution < -0.4 is 14.9 Å². The lowest BCUT2D eigenvalue weighted by atomic mass is 10.2. The summed E-state index contributed by atoms with van der Waals surface area (Å²) in [4.78, 5) is 19.3. The molecule has 30 heavy (non-hydrogen) atoms. The maximum atomic E-state index is 13.8. The molecule has 1 heterocycles. The number of carbonyl (C=O) groups excluding carboxylic acids is 1. The number of rotatable bonds is 7. The third kappa shape index (κ3) is 5.42. The fraction of sp³-hybridized carbons (Fsp3) is 0.100. The second-order valence-corrected chi connectivity index (χ2v) is 6.12. The summed E-state index contributed by atoms with van der Waals surface area (Å²) < 4.78 is 24.8. The largest absolute Gasteiger partial charge is 0.508 e. The number of phenolic OH excluding ortho intramolecular Hbond substituents is 1. The van der Waals surface area contributed by atoms with Crippen molar-refractivity contribution in [3.8, 4) is 23.1 Å². The topological polar surface area (TPSA) is 106 Å². The molecule has 0 aliphatic heterocycles. The monoisotopic (exact) mass is 430 g/mol. The Morgan fingerprint density at radius 3 is 2.77 bits per heavy atom. The maximum absolute atomic E-state index is 13.8. The number of nitrogens with one attached hydrogen (secondary N) is 1. The van der Waals surface area contributed by atoms with Crippen LogP contribution in [0.1, 0.15) is 22.8 Å². The molecule has 0 saturated heterocycles. The van der Waals surface area contributed by atoms with Gasteiger partial charge in [0.25, 0.3) is 11.8 Å². The summed E-state index contributed by atoms with van der Waals surface area (Å²) >= 11 is 5.68. The van der Waals surface area contributed by atoms with E-state index in [-0.39, 0.29) is 22.7 Å². The van der Waals surface area contributed by atoms with E-state index < -0.39 is 11.7 Å². The molecule has 10 heteroatoms. The first-order valence-corrected chi connectivity index (χ1v) is 9.09. The molecule has 2 N–H and O–H groups in total. The SMILES string of the molecule is CCOc1cc(/C=N/NC(=O)c2ccc(O)cc2)ccc1Oc1nc(Cl)ncc1F. The molecule has 0 saturated carbocycles. The lowest BCUT2D eigenvalue weighted by molar-refractivity contribution is 0.0955. The molecule has 8 nitrogen and oxygen atoms in total. The lowest BCUT2D eigenvalue weighted by Crippen LogP contribution is -2.17. The van der Waals surface area contributed by atoms with Gasteiger partial charge in [0.2, 0.25) is 11.1 Å². The first-order valence-electron chi connectivity index (χ1n) is 8.71. The summed E-state index contributed by atoms with van der Waals surface area (Å²) in [5, 5.41) is 13.0. The molecule has 0 spiro atoms. The number of phenols is 1. The molecule has 3 aromatic rings.